The van der Waals surface area contributed by atoms with Gasteiger partial charge in [0.25, 0.3) is 11.8 Å². The van der Waals surface area contributed by atoms with Crippen molar-refractivity contribution in [2.45, 2.75) is 13.5 Å². The predicted octanol–water partition coefficient (Wildman–Crippen LogP) is 3.31. The normalized spacial score (nSPS) is 13.0. The maximum Gasteiger partial charge on any atom is 0.261 e. The highest BCUT2D eigenvalue weighted by atomic mass is 127. The lowest BCUT2D eigenvalue weighted by Gasteiger charge is -2.16. The number of hydrogen-bond acceptors (Lipinski definition) is 5. The highest BCUT2D eigenvalue weighted by molar-refractivity contribution is 14.0. The largest absolute Gasteiger partial charge is 0.444 e. The second-order valence-electron chi connectivity index (χ2n) is 6.94. The molecule has 1 aliphatic heterocycles. The first-order chi connectivity index (χ1) is 15.2. The van der Waals surface area contributed by atoms with E-state index in [4.69, 9.17) is 4.42 Å². The summed E-state index contributed by atoms with van der Waals surface area (Å²) >= 11 is 0. The number of benzene rings is 2. The number of guanidine groups is 1. The molecule has 0 bridgehead atoms. The summed E-state index contributed by atoms with van der Waals surface area (Å²) in [6.45, 7) is 3.60. The number of carbonyl (C=O) groups excluding carboxylic acids is 2. The third-order valence-electron chi connectivity index (χ3n) is 4.82. The van der Waals surface area contributed by atoms with Crippen LogP contribution in [-0.2, 0) is 6.54 Å². The number of rotatable bonds is 7. The van der Waals surface area contributed by atoms with Crippen LogP contribution in [0.25, 0.3) is 11.5 Å². The standard InChI is InChI=1S/C23H23N5O3.HI/c1-2-24-23(26-14-17-15-31-20(27-17)16-8-4-3-5-9-16)25-12-13-28-21(29)18-10-6-7-11-19(18)22(28)30;/h3-11,15H,2,12-14H2,1H3,(H2,24,25,26);1H. The van der Waals surface area contributed by atoms with E-state index in [0.29, 0.717) is 48.3 Å². The molecule has 3 aromatic rings. The van der Waals surface area contributed by atoms with Gasteiger partial charge in [0.2, 0.25) is 5.89 Å². The van der Waals surface area contributed by atoms with Crippen LogP contribution in [0.4, 0.5) is 0 Å². The number of amides is 2. The van der Waals surface area contributed by atoms with Gasteiger partial charge in [-0.05, 0) is 31.2 Å². The molecule has 0 radical (unpaired) electrons. The van der Waals surface area contributed by atoms with Gasteiger partial charge in [0.15, 0.2) is 5.96 Å². The maximum atomic E-state index is 12.5. The van der Waals surface area contributed by atoms with Crippen LogP contribution < -0.4 is 10.6 Å². The Morgan fingerprint density at radius 1 is 1.00 bits per heavy atom. The van der Waals surface area contributed by atoms with Crippen LogP contribution in [0.2, 0.25) is 0 Å². The lowest BCUT2D eigenvalue weighted by molar-refractivity contribution is 0.0657. The van der Waals surface area contributed by atoms with Crippen LogP contribution in [0, 0.1) is 0 Å². The lowest BCUT2D eigenvalue weighted by Crippen LogP contribution is -2.43. The Kier molecular flexibility index (Phi) is 7.98. The first-order valence-corrected chi connectivity index (χ1v) is 10.1. The Bertz CT molecular complexity index is 1080. The van der Waals surface area contributed by atoms with E-state index in [2.05, 4.69) is 20.6 Å². The molecule has 2 heterocycles. The average Bonchev–Trinajstić information content (AvgIpc) is 3.37. The topological polar surface area (TPSA) is 99.8 Å². The van der Waals surface area contributed by atoms with Crippen LogP contribution in [-0.4, -0.2) is 47.3 Å². The summed E-state index contributed by atoms with van der Waals surface area (Å²) in [6, 6.07) is 16.5. The second-order valence-corrected chi connectivity index (χ2v) is 6.94. The van der Waals surface area contributed by atoms with E-state index in [1.54, 1.807) is 30.5 Å². The number of nitrogens with zero attached hydrogens (tertiary/aromatic N) is 3. The second kappa shape index (κ2) is 10.9. The molecule has 166 valence electrons. The van der Waals surface area contributed by atoms with Crippen molar-refractivity contribution in [1.29, 1.82) is 0 Å². The maximum absolute atomic E-state index is 12.5. The van der Waals surface area contributed by atoms with Crippen LogP contribution in [0.1, 0.15) is 33.3 Å². The predicted molar refractivity (Wildman–Crippen MR) is 132 cm³/mol. The number of halogens is 1. The van der Waals surface area contributed by atoms with Crippen LogP contribution in [0.15, 0.2) is 70.3 Å². The van der Waals surface area contributed by atoms with E-state index < -0.39 is 0 Å². The van der Waals surface area contributed by atoms with Crippen molar-refractivity contribution in [3.8, 4) is 11.5 Å². The van der Waals surface area contributed by atoms with Crippen molar-refractivity contribution in [2.24, 2.45) is 4.99 Å². The Labute approximate surface area is 203 Å². The number of aliphatic imine (C=N–C) groups is 1. The van der Waals surface area contributed by atoms with Crippen molar-refractivity contribution in [3.63, 3.8) is 0 Å². The zero-order chi connectivity index (χ0) is 21.6. The number of oxazole rings is 1. The Morgan fingerprint density at radius 2 is 1.66 bits per heavy atom. The number of hydrogen-bond donors (Lipinski definition) is 2. The van der Waals surface area contributed by atoms with Gasteiger partial charge in [-0.2, -0.15) is 0 Å². The zero-order valence-corrected chi connectivity index (χ0v) is 19.9. The average molecular weight is 545 g/mol. The monoisotopic (exact) mass is 545 g/mol. The summed E-state index contributed by atoms with van der Waals surface area (Å²) in [5, 5.41) is 6.31. The number of carbonyl (C=O) groups is 2. The van der Waals surface area contributed by atoms with Crippen molar-refractivity contribution in [2.75, 3.05) is 19.6 Å². The third kappa shape index (κ3) is 5.16. The fraction of sp³-hybridized carbons (Fsp3) is 0.217. The number of aromatic nitrogens is 1. The van der Waals surface area contributed by atoms with E-state index in [-0.39, 0.29) is 42.3 Å². The van der Waals surface area contributed by atoms with Gasteiger partial charge in [0.05, 0.1) is 17.7 Å². The molecule has 9 heteroatoms. The van der Waals surface area contributed by atoms with E-state index in [9.17, 15) is 9.59 Å². The van der Waals surface area contributed by atoms with Gasteiger partial charge < -0.3 is 15.1 Å². The van der Waals surface area contributed by atoms with Crippen molar-refractivity contribution >= 4 is 41.8 Å². The molecule has 0 spiro atoms. The summed E-state index contributed by atoms with van der Waals surface area (Å²) < 4.78 is 5.54. The lowest BCUT2D eigenvalue weighted by atomic mass is 10.1. The molecule has 8 nitrogen and oxygen atoms in total. The summed E-state index contributed by atoms with van der Waals surface area (Å²) in [5.74, 6) is 0.596. The summed E-state index contributed by atoms with van der Waals surface area (Å²) in [5.41, 5.74) is 2.52. The van der Waals surface area contributed by atoms with Gasteiger partial charge in [0, 0.05) is 25.2 Å². The minimum Gasteiger partial charge on any atom is -0.444 e. The molecular weight excluding hydrogens is 521 g/mol. The Hall–Kier alpha value is -3.21. The van der Waals surface area contributed by atoms with E-state index in [1.165, 1.54) is 4.90 Å². The minimum atomic E-state index is -0.264. The van der Waals surface area contributed by atoms with Gasteiger partial charge >= 0.3 is 0 Å². The Morgan fingerprint density at radius 3 is 2.31 bits per heavy atom. The van der Waals surface area contributed by atoms with Gasteiger partial charge in [-0.15, -0.1) is 24.0 Å². The molecular formula is C23H24IN5O3. The Balaban J connectivity index is 0.00000289. The number of imide groups is 1. The van der Waals surface area contributed by atoms with Crippen molar-refractivity contribution < 1.29 is 14.0 Å². The summed E-state index contributed by atoms with van der Waals surface area (Å²) in [6.07, 6.45) is 1.59. The molecule has 0 saturated heterocycles. The summed E-state index contributed by atoms with van der Waals surface area (Å²) in [7, 11) is 0. The first kappa shape index (κ1) is 23.5. The molecule has 1 aromatic heterocycles. The van der Waals surface area contributed by atoms with Gasteiger partial charge in [-0.1, -0.05) is 30.3 Å². The van der Waals surface area contributed by atoms with Crippen molar-refractivity contribution in [3.05, 3.63) is 77.7 Å². The molecule has 4 rings (SSSR count). The zero-order valence-electron chi connectivity index (χ0n) is 17.6. The van der Waals surface area contributed by atoms with Gasteiger partial charge in [0.1, 0.15) is 12.0 Å². The molecule has 0 unspecified atom stereocenters. The van der Waals surface area contributed by atoms with Gasteiger partial charge in [-0.25, -0.2) is 9.98 Å². The molecule has 0 aliphatic carbocycles. The number of fused-ring (bicyclic) bond motifs is 1. The van der Waals surface area contributed by atoms with Crippen LogP contribution in [0.3, 0.4) is 0 Å². The quantitative estimate of drug-likeness (QED) is 0.205. The molecule has 2 amide bonds. The van der Waals surface area contributed by atoms with E-state index >= 15 is 0 Å². The van der Waals surface area contributed by atoms with Gasteiger partial charge in [-0.3, -0.25) is 14.5 Å². The smallest absolute Gasteiger partial charge is 0.261 e. The van der Waals surface area contributed by atoms with E-state index in [0.717, 1.165) is 5.56 Å². The highest BCUT2D eigenvalue weighted by Crippen LogP contribution is 2.21. The van der Waals surface area contributed by atoms with E-state index in [1.807, 2.05) is 37.3 Å². The summed E-state index contributed by atoms with van der Waals surface area (Å²) in [4.78, 5) is 35.1. The van der Waals surface area contributed by atoms with Crippen LogP contribution >= 0.6 is 24.0 Å². The molecule has 32 heavy (non-hydrogen) atoms. The molecule has 2 N–H and O–H groups in total. The fourth-order valence-electron chi connectivity index (χ4n) is 3.32. The molecule has 2 aromatic carbocycles. The molecule has 0 atom stereocenters. The third-order valence-corrected chi connectivity index (χ3v) is 4.82. The SMILES string of the molecule is CCNC(=NCc1coc(-c2ccccc2)n1)NCCN1C(=O)c2ccccc2C1=O.I. The minimum absolute atomic E-state index is 0. The van der Waals surface area contributed by atoms with Crippen LogP contribution in [0.5, 0.6) is 0 Å². The fourth-order valence-corrected chi connectivity index (χ4v) is 3.32. The number of nitrogens with one attached hydrogen (secondary N) is 2. The molecule has 0 saturated carbocycles. The first-order valence-electron chi connectivity index (χ1n) is 10.1. The molecule has 1 aliphatic rings. The van der Waals surface area contributed by atoms with Crippen molar-refractivity contribution in [1.82, 2.24) is 20.5 Å². The molecule has 0 fully saturated rings. The highest BCUT2D eigenvalue weighted by Gasteiger charge is 2.34.